The molecule has 0 aliphatic heterocycles. The van der Waals surface area contributed by atoms with E-state index < -0.39 is 11.5 Å². The molecule has 0 amide bonds. The molecule has 15 heavy (non-hydrogen) atoms. The predicted molar refractivity (Wildman–Crippen MR) is 61.0 cm³/mol. The fourth-order valence-corrected chi connectivity index (χ4v) is 2.57. The molecule has 4 heteroatoms. The smallest absolute Gasteiger partial charge is 0.328 e. The second-order valence-corrected chi connectivity index (χ2v) is 4.56. The zero-order valence-corrected chi connectivity index (χ0v) is 9.04. The molecule has 2 rings (SSSR count). The van der Waals surface area contributed by atoms with Gasteiger partial charge in [-0.15, -0.1) is 11.3 Å². The summed E-state index contributed by atoms with van der Waals surface area (Å²) in [5.74, 6) is -1.01. The number of carbonyl (C=O) groups is 1. The van der Waals surface area contributed by atoms with Crippen LogP contribution in [-0.2, 0) is 10.3 Å². The fourth-order valence-electron chi connectivity index (χ4n) is 1.50. The minimum atomic E-state index is -1.32. The molecular weight excluding hydrogens is 210 g/mol. The Hall–Kier alpha value is -1.39. The number of aliphatic carboxylic acids is 1. The lowest BCUT2D eigenvalue weighted by molar-refractivity contribution is -0.142. The van der Waals surface area contributed by atoms with Crippen LogP contribution in [0.1, 0.15) is 12.5 Å². The van der Waals surface area contributed by atoms with Gasteiger partial charge < -0.3 is 10.8 Å². The van der Waals surface area contributed by atoms with Crippen LogP contribution in [0.4, 0.5) is 0 Å². The maximum absolute atomic E-state index is 11.0. The van der Waals surface area contributed by atoms with Crippen molar-refractivity contribution in [1.82, 2.24) is 0 Å². The van der Waals surface area contributed by atoms with Gasteiger partial charge in [0.15, 0.2) is 0 Å². The first-order valence-electron chi connectivity index (χ1n) is 4.52. The number of nitrogens with two attached hydrogens (primary N) is 1. The van der Waals surface area contributed by atoms with Gasteiger partial charge >= 0.3 is 5.97 Å². The Bertz CT molecular complexity index is 516. The summed E-state index contributed by atoms with van der Waals surface area (Å²) in [5.41, 5.74) is 5.16. The summed E-state index contributed by atoms with van der Waals surface area (Å²) in [6.07, 6.45) is 0. The number of carboxylic acids is 1. The quantitative estimate of drug-likeness (QED) is 0.816. The van der Waals surface area contributed by atoms with Gasteiger partial charge in [-0.3, -0.25) is 0 Å². The first-order chi connectivity index (χ1) is 7.03. The molecule has 0 aliphatic carbocycles. The molecule has 0 radical (unpaired) electrons. The minimum Gasteiger partial charge on any atom is -0.480 e. The molecule has 0 aliphatic rings. The predicted octanol–water partition coefficient (Wildman–Crippen LogP) is 2.16. The largest absolute Gasteiger partial charge is 0.480 e. The first-order valence-corrected chi connectivity index (χ1v) is 5.40. The molecule has 78 valence electrons. The van der Waals surface area contributed by atoms with Gasteiger partial charge in [-0.05, 0) is 23.8 Å². The van der Waals surface area contributed by atoms with Crippen LogP contribution >= 0.6 is 11.3 Å². The van der Waals surface area contributed by atoms with Crippen molar-refractivity contribution < 1.29 is 9.90 Å². The van der Waals surface area contributed by atoms with E-state index in [1.165, 1.54) is 18.3 Å². The molecule has 0 spiro atoms. The number of rotatable bonds is 2. The number of benzene rings is 1. The molecule has 1 aromatic carbocycles. The van der Waals surface area contributed by atoms with E-state index in [-0.39, 0.29) is 0 Å². The van der Waals surface area contributed by atoms with Crippen LogP contribution in [-0.4, -0.2) is 11.1 Å². The molecule has 1 atom stereocenters. The molecule has 0 saturated carbocycles. The van der Waals surface area contributed by atoms with Crippen molar-refractivity contribution in [3.63, 3.8) is 0 Å². The minimum absolute atomic E-state index is 0.676. The number of thiophene rings is 1. The molecule has 1 aromatic heterocycles. The van der Waals surface area contributed by atoms with Crippen LogP contribution in [0.25, 0.3) is 10.1 Å². The maximum Gasteiger partial charge on any atom is 0.328 e. The van der Waals surface area contributed by atoms with Gasteiger partial charge in [-0.1, -0.05) is 18.2 Å². The maximum atomic E-state index is 11.0. The van der Waals surface area contributed by atoms with E-state index in [1.807, 2.05) is 29.6 Å². The lowest BCUT2D eigenvalue weighted by Crippen LogP contribution is -2.41. The van der Waals surface area contributed by atoms with Gasteiger partial charge in [0.2, 0.25) is 0 Å². The summed E-state index contributed by atoms with van der Waals surface area (Å²) < 4.78 is 1.06. The van der Waals surface area contributed by atoms with Crippen LogP contribution in [0.2, 0.25) is 0 Å². The van der Waals surface area contributed by atoms with E-state index in [2.05, 4.69) is 0 Å². The molecule has 2 aromatic rings. The molecule has 0 unspecified atom stereocenters. The Balaban J connectivity index is 2.67. The zero-order chi connectivity index (χ0) is 11.1. The van der Waals surface area contributed by atoms with Crippen molar-refractivity contribution in [3.05, 3.63) is 35.2 Å². The third kappa shape index (κ3) is 1.52. The molecule has 3 N–H and O–H groups in total. The fraction of sp³-hybridized carbons (Fsp3) is 0.182. The highest BCUT2D eigenvalue weighted by molar-refractivity contribution is 7.17. The van der Waals surface area contributed by atoms with Crippen LogP contribution in [0, 0.1) is 0 Å². The average Bonchev–Trinajstić information content (AvgIpc) is 2.61. The summed E-state index contributed by atoms with van der Waals surface area (Å²) in [5, 5.41) is 11.8. The van der Waals surface area contributed by atoms with Gasteiger partial charge in [-0.2, -0.15) is 0 Å². The average molecular weight is 221 g/mol. The number of carboxylic acid groups (broad SMARTS) is 1. The summed E-state index contributed by atoms with van der Waals surface area (Å²) in [6, 6.07) is 7.67. The highest BCUT2D eigenvalue weighted by Gasteiger charge is 2.32. The van der Waals surface area contributed by atoms with E-state index in [9.17, 15) is 4.79 Å². The molecule has 0 saturated heterocycles. The number of hydrogen-bond donors (Lipinski definition) is 2. The zero-order valence-electron chi connectivity index (χ0n) is 8.23. The van der Waals surface area contributed by atoms with Crippen molar-refractivity contribution in [3.8, 4) is 0 Å². The second-order valence-electron chi connectivity index (χ2n) is 3.65. The highest BCUT2D eigenvalue weighted by Crippen LogP contribution is 2.32. The Kier molecular flexibility index (Phi) is 2.25. The summed E-state index contributed by atoms with van der Waals surface area (Å²) in [4.78, 5) is 11.0. The summed E-state index contributed by atoms with van der Waals surface area (Å²) >= 11 is 1.51. The van der Waals surface area contributed by atoms with E-state index in [0.29, 0.717) is 5.56 Å². The third-order valence-corrected chi connectivity index (χ3v) is 3.45. The van der Waals surface area contributed by atoms with Crippen molar-refractivity contribution in [2.45, 2.75) is 12.5 Å². The van der Waals surface area contributed by atoms with E-state index in [0.717, 1.165) is 10.1 Å². The van der Waals surface area contributed by atoms with Crippen molar-refractivity contribution >= 4 is 27.4 Å². The van der Waals surface area contributed by atoms with Crippen LogP contribution < -0.4 is 5.73 Å². The second kappa shape index (κ2) is 3.32. The van der Waals surface area contributed by atoms with E-state index >= 15 is 0 Å². The Labute approximate surface area is 91.1 Å². The SMILES string of the molecule is C[C@@](N)(C(=O)O)c1csc2ccccc12. The third-order valence-electron chi connectivity index (χ3n) is 2.48. The molecular formula is C11H11NO2S. The monoisotopic (exact) mass is 221 g/mol. The lowest BCUT2D eigenvalue weighted by Gasteiger charge is -2.18. The standard InChI is InChI=1S/C11H11NO2S/c1-11(12,10(13)14)8-6-15-9-5-3-2-4-7(8)9/h2-6H,12H2,1H3,(H,13,14)/t11-/m0/s1. The summed E-state index contributed by atoms with van der Waals surface area (Å²) in [7, 11) is 0. The Morgan fingerprint density at radius 1 is 1.47 bits per heavy atom. The summed E-state index contributed by atoms with van der Waals surface area (Å²) in [6.45, 7) is 1.52. The highest BCUT2D eigenvalue weighted by atomic mass is 32.1. The number of hydrogen-bond acceptors (Lipinski definition) is 3. The Morgan fingerprint density at radius 3 is 2.80 bits per heavy atom. The Morgan fingerprint density at radius 2 is 2.13 bits per heavy atom. The van der Waals surface area contributed by atoms with Crippen LogP contribution in [0.3, 0.4) is 0 Å². The molecule has 0 bridgehead atoms. The van der Waals surface area contributed by atoms with Crippen LogP contribution in [0.15, 0.2) is 29.6 Å². The van der Waals surface area contributed by atoms with E-state index in [1.54, 1.807) is 0 Å². The van der Waals surface area contributed by atoms with Gasteiger partial charge in [0.05, 0.1) is 0 Å². The van der Waals surface area contributed by atoms with Gasteiger partial charge in [0.1, 0.15) is 5.54 Å². The van der Waals surface area contributed by atoms with E-state index in [4.69, 9.17) is 10.8 Å². The lowest BCUT2D eigenvalue weighted by atomic mass is 9.93. The van der Waals surface area contributed by atoms with Crippen LogP contribution in [0.5, 0.6) is 0 Å². The molecule has 1 heterocycles. The number of fused-ring (bicyclic) bond motifs is 1. The molecule has 3 nitrogen and oxygen atoms in total. The van der Waals surface area contributed by atoms with Crippen molar-refractivity contribution in [2.24, 2.45) is 5.73 Å². The first kappa shape index (κ1) is 10.1. The van der Waals surface area contributed by atoms with Crippen molar-refractivity contribution in [2.75, 3.05) is 0 Å². The topological polar surface area (TPSA) is 63.3 Å². The molecule has 0 fully saturated rings. The van der Waals surface area contributed by atoms with Gasteiger partial charge in [-0.25, -0.2) is 4.79 Å². The van der Waals surface area contributed by atoms with Crippen molar-refractivity contribution in [1.29, 1.82) is 0 Å². The normalized spacial score (nSPS) is 15.1. The van der Waals surface area contributed by atoms with Gasteiger partial charge in [0.25, 0.3) is 0 Å². The van der Waals surface area contributed by atoms with Gasteiger partial charge in [0, 0.05) is 10.3 Å².